The third-order valence-corrected chi connectivity index (χ3v) is 4.42. The summed E-state index contributed by atoms with van der Waals surface area (Å²) in [5.74, 6) is 3.02. The number of nitrogens with one attached hydrogen (secondary N) is 3. The van der Waals surface area contributed by atoms with Crippen LogP contribution < -0.4 is 15.4 Å². The molecule has 0 saturated heterocycles. The van der Waals surface area contributed by atoms with Crippen LogP contribution in [0.25, 0.3) is 33.1 Å². The van der Waals surface area contributed by atoms with Crippen LogP contribution in [-0.2, 0) is 0 Å². The fourth-order valence-corrected chi connectivity index (χ4v) is 3.35. The molecular formula is C20H26N6O2. The van der Waals surface area contributed by atoms with Crippen molar-refractivity contribution in [3.63, 3.8) is 0 Å². The molecule has 3 aromatic heterocycles. The van der Waals surface area contributed by atoms with E-state index in [4.69, 9.17) is 9.26 Å². The van der Waals surface area contributed by atoms with Crippen LogP contribution in [0.5, 0.6) is 5.75 Å². The van der Waals surface area contributed by atoms with Gasteiger partial charge in [0.05, 0.1) is 23.8 Å². The lowest BCUT2D eigenvalue weighted by Gasteiger charge is -2.09. The minimum absolute atomic E-state index is 0.710. The summed E-state index contributed by atoms with van der Waals surface area (Å²) in [6, 6.07) is 4.06. The zero-order valence-electron chi connectivity index (χ0n) is 17.3. The summed E-state index contributed by atoms with van der Waals surface area (Å²) in [5.41, 5.74) is 4.48. The summed E-state index contributed by atoms with van der Waals surface area (Å²) in [5, 5.41) is 11.9. The topological polar surface area (TPSA) is 101 Å². The van der Waals surface area contributed by atoms with Gasteiger partial charge in [-0.25, -0.2) is 9.97 Å². The Morgan fingerprint density at radius 2 is 1.79 bits per heavy atom. The maximum Gasteiger partial charge on any atom is 0.144 e. The highest BCUT2D eigenvalue weighted by Gasteiger charge is 2.20. The summed E-state index contributed by atoms with van der Waals surface area (Å²) in [4.78, 5) is 12.4. The van der Waals surface area contributed by atoms with Crippen LogP contribution >= 0.6 is 0 Å². The van der Waals surface area contributed by atoms with Crippen LogP contribution in [-0.4, -0.2) is 48.4 Å². The average molecular weight is 382 g/mol. The number of H-pyrrole nitrogens is 1. The van der Waals surface area contributed by atoms with Crippen LogP contribution in [0, 0.1) is 20.8 Å². The molecule has 0 aliphatic rings. The molecule has 3 heterocycles. The fraction of sp³-hybridized carbons (Fsp3) is 0.350. The van der Waals surface area contributed by atoms with Gasteiger partial charge < -0.3 is 24.9 Å². The van der Waals surface area contributed by atoms with Gasteiger partial charge in [0.2, 0.25) is 0 Å². The Hall–Kier alpha value is -3.13. The predicted octanol–water partition coefficient (Wildman–Crippen LogP) is 3.58. The van der Waals surface area contributed by atoms with Gasteiger partial charge in [-0.1, -0.05) is 5.16 Å². The lowest BCUT2D eigenvalue weighted by atomic mass is 10.0. The minimum Gasteiger partial charge on any atom is -0.496 e. The van der Waals surface area contributed by atoms with E-state index in [0.29, 0.717) is 5.82 Å². The molecule has 0 amide bonds. The van der Waals surface area contributed by atoms with Crippen molar-refractivity contribution in [1.82, 2.24) is 25.4 Å². The first-order chi connectivity index (χ1) is 13.4. The largest absolute Gasteiger partial charge is 0.496 e. The first-order valence-corrected chi connectivity index (χ1v) is 9.02. The third kappa shape index (κ3) is 3.27. The van der Waals surface area contributed by atoms with Crippen molar-refractivity contribution in [2.24, 2.45) is 0 Å². The number of hydrogen-bond donors (Lipinski definition) is 3. The first-order valence-electron chi connectivity index (χ1n) is 9.02. The van der Waals surface area contributed by atoms with Crippen molar-refractivity contribution < 1.29 is 9.26 Å². The minimum atomic E-state index is 0.710. The lowest BCUT2D eigenvalue weighted by Crippen LogP contribution is -1.97. The van der Waals surface area contributed by atoms with Gasteiger partial charge in [0.1, 0.15) is 28.8 Å². The van der Waals surface area contributed by atoms with Gasteiger partial charge in [0.15, 0.2) is 0 Å². The second-order valence-corrected chi connectivity index (χ2v) is 6.52. The van der Waals surface area contributed by atoms with Crippen molar-refractivity contribution in [2.45, 2.75) is 20.8 Å². The number of methoxy groups -OCH3 is 1. The lowest BCUT2D eigenvalue weighted by molar-refractivity contribution is 0.393. The molecule has 0 radical (unpaired) electrons. The summed E-state index contributed by atoms with van der Waals surface area (Å²) >= 11 is 0. The number of aryl methyl sites for hydroxylation is 3. The number of aromatic nitrogens is 4. The van der Waals surface area contributed by atoms with Crippen LogP contribution in [0.1, 0.15) is 17.3 Å². The smallest absolute Gasteiger partial charge is 0.144 e. The van der Waals surface area contributed by atoms with Crippen molar-refractivity contribution in [2.75, 3.05) is 33.6 Å². The molecule has 0 aliphatic carbocycles. The molecule has 0 fully saturated rings. The molecule has 8 heteroatoms. The zero-order chi connectivity index (χ0) is 20.4. The molecule has 0 unspecified atom stereocenters. The molecular weight excluding hydrogens is 356 g/mol. The number of benzene rings is 1. The van der Waals surface area contributed by atoms with Crippen molar-refractivity contribution in [1.29, 1.82) is 0 Å². The number of aromatic amines is 1. The quantitative estimate of drug-likeness (QED) is 0.498. The SMILES string of the molecule is CNC.CNc1nc(C)nc2[nH]c3cc(-c4c(C)noc4C)c(OC)cc3c12. The van der Waals surface area contributed by atoms with E-state index in [2.05, 4.69) is 36.8 Å². The summed E-state index contributed by atoms with van der Waals surface area (Å²) in [6.45, 7) is 5.70. The van der Waals surface area contributed by atoms with E-state index in [0.717, 1.165) is 56.1 Å². The highest BCUT2D eigenvalue weighted by Crippen LogP contribution is 2.40. The van der Waals surface area contributed by atoms with Gasteiger partial charge in [-0.2, -0.15) is 0 Å². The Kier molecular flexibility index (Phi) is 5.51. The summed E-state index contributed by atoms with van der Waals surface area (Å²) < 4.78 is 11.0. The van der Waals surface area contributed by atoms with E-state index >= 15 is 0 Å². The number of anilines is 1. The highest BCUT2D eigenvalue weighted by molar-refractivity contribution is 6.12. The molecule has 148 valence electrons. The van der Waals surface area contributed by atoms with Crippen LogP contribution in [0.2, 0.25) is 0 Å². The standard InChI is InChI=1S/C18H19N5O2.C2H7N/c1-8-15(9(2)25-23-8)12-6-13-11(7-14(12)24-5)16-17(19-4)20-10(3)21-18(16)22-13;1-3-2/h6-7H,1-5H3,(H2,19,20,21,22);3H,1-2H3. The van der Waals surface area contributed by atoms with E-state index in [1.807, 2.05) is 48.0 Å². The van der Waals surface area contributed by atoms with Crippen molar-refractivity contribution >= 4 is 27.8 Å². The molecule has 3 N–H and O–H groups in total. The highest BCUT2D eigenvalue weighted by atomic mass is 16.5. The summed E-state index contributed by atoms with van der Waals surface area (Å²) in [6.07, 6.45) is 0. The molecule has 4 rings (SSSR count). The first kappa shape index (κ1) is 19.6. The van der Waals surface area contributed by atoms with Crippen LogP contribution in [0.4, 0.5) is 5.82 Å². The Balaban J connectivity index is 0.000000706. The third-order valence-electron chi connectivity index (χ3n) is 4.42. The van der Waals surface area contributed by atoms with Crippen LogP contribution in [0.15, 0.2) is 16.7 Å². The number of nitrogens with zero attached hydrogens (tertiary/aromatic N) is 3. The van der Waals surface area contributed by atoms with Crippen molar-refractivity contribution in [3.8, 4) is 16.9 Å². The molecule has 1 aromatic carbocycles. The zero-order valence-corrected chi connectivity index (χ0v) is 17.3. The maximum absolute atomic E-state index is 5.66. The Labute approximate surface area is 163 Å². The van der Waals surface area contributed by atoms with E-state index < -0.39 is 0 Å². The van der Waals surface area contributed by atoms with E-state index in [1.165, 1.54) is 0 Å². The normalized spacial score (nSPS) is 10.8. The molecule has 0 spiro atoms. The average Bonchev–Trinajstić information content (AvgIpc) is 3.19. The van der Waals surface area contributed by atoms with E-state index in [1.54, 1.807) is 7.11 Å². The van der Waals surface area contributed by atoms with E-state index in [-0.39, 0.29) is 0 Å². The fourth-order valence-electron chi connectivity index (χ4n) is 3.35. The predicted molar refractivity (Wildman–Crippen MR) is 112 cm³/mol. The molecule has 4 aromatic rings. The number of ether oxygens (including phenoxy) is 1. The molecule has 8 nitrogen and oxygen atoms in total. The Morgan fingerprint density at radius 3 is 2.36 bits per heavy atom. The van der Waals surface area contributed by atoms with Gasteiger partial charge in [-0.3, -0.25) is 0 Å². The molecule has 0 atom stereocenters. The molecule has 0 bridgehead atoms. The molecule has 0 aliphatic heterocycles. The monoisotopic (exact) mass is 382 g/mol. The van der Waals surface area contributed by atoms with Gasteiger partial charge in [-0.05, 0) is 47.0 Å². The van der Waals surface area contributed by atoms with Gasteiger partial charge >= 0.3 is 0 Å². The Morgan fingerprint density at radius 1 is 1.07 bits per heavy atom. The van der Waals surface area contributed by atoms with Gasteiger partial charge in [0.25, 0.3) is 0 Å². The number of fused-ring (bicyclic) bond motifs is 3. The number of hydrogen-bond acceptors (Lipinski definition) is 7. The van der Waals surface area contributed by atoms with Gasteiger partial charge in [-0.15, -0.1) is 0 Å². The molecule has 0 saturated carbocycles. The van der Waals surface area contributed by atoms with Gasteiger partial charge in [0, 0.05) is 23.5 Å². The second kappa shape index (κ2) is 7.85. The second-order valence-electron chi connectivity index (χ2n) is 6.52. The van der Waals surface area contributed by atoms with Crippen LogP contribution in [0.3, 0.4) is 0 Å². The number of rotatable bonds is 3. The maximum atomic E-state index is 5.66. The molecule has 28 heavy (non-hydrogen) atoms. The Bertz CT molecular complexity index is 1110. The summed E-state index contributed by atoms with van der Waals surface area (Å²) in [7, 11) is 7.27. The van der Waals surface area contributed by atoms with E-state index in [9.17, 15) is 0 Å². The van der Waals surface area contributed by atoms with Crippen molar-refractivity contribution in [3.05, 3.63) is 29.4 Å².